The van der Waals surface area contributed by atoms with Gasteiger partial charge in [-0.05, 0) is 64.5 Å². The average molecular weight is 549 g/mol. The van der Waals surface area contributed by atoms with Gasteiger partial charge in [-0.3, -0.25) is 14.4 Å². The van der Waals surface area contributed by atoms with Crippen molar-refractivity contribution in [2.24, 2.45) is 28.1 Å². The first-order chi connectivity index (χ1) is 17.8. The number of unbranched alkanes of at least 4 members (excludes halogenated alkanes) is 2. The smallest absolute Gasteiger partial charge is 0.311 e. The van der Waals surface area contributed by atoms with Gasteiger partial charge in [0.2, 0.25) is 0 Å². The molecular weight excluding hydrogens is 500 g/mol. The van der Waals surface area contributed by atoms with Crippen LogP contribution in [-0.4, -0.2) is 63.1 Å². The van der Waals surface area contributed by atoms with Crippen molar-refractivity contribution in [3.05, 3.63) is 23.3 Å². The zero-order valence-electron chi connectivity index (χ0n) is 25.1. The lowest BCUT2D eigenvalue weighted by atomic mass is 9.59. The molecule has 4 unspecified atom stereocenters. The highest BCUT2D eigenvalue weighted by Crippen LogP contribution is 2.63. The van der Waals surface area contributed by atoms with E-state index in [2.05, 4.69) is 6.92 Å². The average Bonchev–Trinajstić information content (AvgIpc) is 2.98. The molecular formula is C31H48O8. The van der Waals surface area contributed by atoms with E-state index in [1.54, 1.807) is 46.8 Å². The fourth-order valence-corrected chi connectivity index (χ4v) is 6.83. The molecule has 3 N–H and O–H groups in total. The second kappa shape index (κ2) is 10.4. The Morgan fingerprint density at radius 1 is 1.10 bits per heavy atom. The van der Waals surface area contributed by atoms with Crippen molar-refractivity contribution < 1.29 is 39.2 Å². The number of hydrogen-bond donors (Lipinski definition) is 3. The fourth-order valence-electron chi connectivity index (χ4n) is 6.83. The highest BCUT2D eigenvalue weighted by atomic mass is 16.6. The van der Waals surface area contributed by atoms with E-state index in [0.29, 0.717) is 12.0 Å². The molecule has 0 saturated heterocycles. The predicted octanol–water partition coefficient (Wildman–Crippen LogP) is 4.05. The summed E-state index contributed by atoms with van der Waals surface area (Å²) in [4.78, 5) is 40.2. The van der Waals surface area contributed by atoms with Crippen LogP contribution in [0.2, 0.25) is 0 Å². The maximum absolute atomic E-state index is 14.6. The molecule has 1 saturated carbocycles. The molecule has 2 bridgehead atoms. The number of fused-ring (bicyclic) bond motifs is 1. The van der Waals surface area contributed by atoms with Gasteiger partial charge in [-0.25, -0.2) is 0 Å². The molecule has 3 aliphatic carbocycles. The molecule has 39 heavy (non-hydrogen) atoms. The van der Waals surface area contributed by atoms with Gasteiger partial charge in [-0.2, -0.15) is 0 Å². The maximum atomic E-state index is 14.6. The standard InChI is InChI=1S/C31H48O8/c1-10-11-12-13-22(32)39-29(9)16-19(3)30-15-18(2)23(33)31(30,37)24(34)20(17-38-26(36)27(4,5)6)14-21(25(30)35)28(29,7)8/h14-15,19,21,23-24,33-34,37H,10-13,16-17H2,1-9H3/t19?,21?,23-,24?,29+,30?,31+/m0/s1. The minimum Gasteiger partial charge on any atom is -0.461 e. The molecule has 8 heteroatoms. The van der Waals surface area contributed by atoms with E-state index in [1.165, 1.54) is 0 Å². The number of carbonyl (C=O) groups excluding carboxylic acids is 3. The minimum atomic E-state index is -2.30. The highest BCUT2D eigenvalue weighted by molar-refractivity contribution is 5.95. The van der Waals surface area contributed by atoms with E-state index in [0.717, 1.165) is 12.8 Å². The van der Waals surface area contributed by atoms with Crippen LogP contribution in [0.25, 0.3) is 0 Å². The van der Waals surface area contributed by atoms with E-state index in [-0.39, 0.29) is 36.8 Å². The predicted molar refractivity (Wildman–Crippen MR) is 146 cm³/mol. The summed E-state index contributed by atoms with van der Waals surface area (Å²) in [5.41, 5.74) is -6.33. The summed E-state index contributed by atoms with van der Waals surface area (Å²) in [5.74, 6) is -2.74. The van der Waals surface area contributed by atoms with Gasteiger partial charge >= 0.3 is 11.9 Å². The molecule has 1 fully saturated rings. The van der Waals surface area contributed by atoms with Crippen LogP contribution in [0.5, 0.6) is 0 Å². The van der Waals surface area contributed by atoms with Crippen molar-refractivity contribution in [1.82, 2.24) is 0 Å². The van der Waals surface area contributed by atoms with Crippen LogP contribution in [0.4, 0.5) is 0 Å². The lowest BCUT2D eigenvalue weighted by molar-refractivity contribution is -0.192. The van der Waals surface area contributed by atoms with Crippen LogP contribution in [0.1, 0.15) is 94.4 Å². The first-order valence-electron chi connectivity index (χ1n) is 14.2. The molecule has 0 aliphatic heterocycles. The number of allylic oxidation sites excluding steroid dienone is 1. The number of rotatable bonds is 7. The Morgan fingerprint density at radius 2 is 1.72 bits per heavy atom. The summed E-state index contributed by atoms with van der Waals surface area (Å²) in [6.07, 6.45) is 3.04. The van der Waals surface area contributed by atoms with Crippen LogP contribution in [0, 0.1) is 28.1 Å². The summed E-state index contributed by atoms with van der Waals surface area (Å²) in [5, 5.41) is 35.2. The molecule has 7 atom stereocenters. The van der Waals surface area contributed by atoms with Crippen molar-refractivity contribution in [3.63, 3.8) is 0 Å². The lowest BCUT2D eigenvalue weighted by Gasteiger charge is -2.48. The Kier molecular flexibility index (Phi) is 8.42. The van der Waals surface area contributed by atoms with E-state index >= 15 is 0 Å². The Bertz CT molecular complexity index is 1060. The monoisotopic (exact) mass is 548 g/mol. The zero-order chi connectivity index (χ0) is 29.8. The van der Waals surface area contributed by atoms with Gasteiger partial charge in [0.15, 0.2) is 5.78 Å². The fraction of sp³-hybridized carbons (Fsp3) is 0.774. The summed E-state index contributed by atoms with van der Waals surface area (Å²) in [6, 6.07) is 0. The summed E-state index contributed by atoms with van der Waals surface area (Å²) in [7, 11) is 0. The maximum Gasteiger partial charge on any atom is 0.311 e. The molecule has 0 aromatic carbocycles. The normalized spacial score (nSPS) is 37.7. The van der Waals surface area contributed by atoms with Crippen LogP contribution in [0.15, 0.2) is 23.3 Å². The number of ether oxygens (including phenoxy) is 2. The quantitative estimate of drug-likeness (QED) is 0.247. The second-order valence-electron chi connectivity index (χ2n) is 13.8. The van der Waals surface area contributed by atoms with Crippen LogP contribution >= 0.6 is 0 Å². The molecule has 8 nitrogen and oxygen atoms in total. The van der Waals surface area contributed by atoms with E-state index < -0.39 is 57.5 Å². The van der Waals surface area contributed by atoms with Gasteiger partial charge in [-0.15, -0.1) is 0 Å². The number of aliphatic hydroxyl groups excluding tert-OH is 2. The molecule has 0 amide bonds. The minimum absolute atomic E-state index is 0.135. The summed E-state index contributed by atoms with van der Waals surface area (Å²) >= 11 is 0. The summed E-state index contributed by atoms with van der Waals surface area (Å²) < 4.78 is 11.7. The Morgan fingerprint density at radius 3 is 2.28 bits per heavy atom. The van der Waals surface area contributed by atoms with Crippen LogP contribution in [-0.2, 0) is 23.9 Å². The zero-order valence-corrected chi connectivity index (χ0v) is 25.1. The van der Waals surface area contributed by atoms with Gasteiger partial charge in [0.1, 0.15) is 30.0 Å². The number of ketones is 1. The SMILES string of the molecule is CCCCCC(=O)O[C@]1(C)CC(C)C23C=C(C)[C@H](O)[C@@]2(O)C(O)C(COC(=O)C(C)(C)C)=CC(C3=O)C1(C)C. The van der Waals surface area contributed by atoms with Gasteiger partial charge < -0.3 is 24.8 Å². The molecule has 0 heterocycles. The third-order valence-electron chi connectivity index (χ3n) is 9.72. The van der Waals surface area contributed by atoms with Crippen molar-refractivity contribution in [2.75, 3.05) is 6.61 Å². The number of Topliss-reactive ketones (excluding diaryl/α,β-unsaturated/α-hetero) is 1. The van der Waals surface area contributed by atoms with Crippen molar-refractivity contribution in [2.45, 2.75) is 118 Å². The van der Waals surface area contributed by atoms with E-state index in [9.17, 15) is 29.7 Å². The van der Waals surface area contributed by atoms with Crippen molar-refractivity contribution >= 4 is 17.7 Å². The Hall–Kier alpha value is -2.03. The lowest BCUT2D eigenvalue weighted by Crippen LogP contribution is -2.65. The van der Waals surface area contributed by atoms with Crippen molar-refractivity contribution in [3.8, 4) is 0 Å². The molecule has 220 valence electrons. The van der Waals surface area contributed by atoms with Gasteiger partial charge in [0, 0.05) is 17.8 Å². The molecule has 0 aromatic heterocycles. The molecule has 0 radical (unpaired) electrons. The number of esters is 2. The molecule has 3 rings (SSSR count). The topological polar surface area (TPSA) is 130 Å². The molecule has 1 spiro atoms. The Labute approximate surface area is 232 Å². The van der Waals surface area contributed by atoms with E-state index in [1.807, 2.05) is 20.8 Å². The first kappa shape index (κ1) is 31.5. The van der Waals surface area contributed by atoms with E-state index in [4.69, 9.17) is 9.47 Å². The van der Waals surface area contributed by atoms with Crippen LogP contribution in [0.3, 0.4) is 0 Å². The van der Waals surface area contributed by atoms with Gasteiger partial charge in [0.05, 0.1) is 10.8 Å². The van der Waals surface area contributed by atoms with Gasteiger partial charge in [-0.1, -0.05) is 52.7 Å². The van der Waals surface area contributed by atoms with Crippen LogP contribution < -0.4 is 0 Å². The third-order valence-corrected chi connectivity index (χ3v) is 9.72. The number of hydrogen-bond acceptors (Lipinski definition) is 8. The Balaban J connectivity index is 2.19. The number of carbonyl (C=O) groups is 3. The van der Waals surface area contributed by atoms with Crippen molar-refractivity contribution in [1.29, 1.82) is 0 Å². The number of aliphatic hydroxyl groups is 3. The second-order valence-corrected chi connectivity index (χ2v) is 13.8. The summed E-state index contributed by atoms with van der Waals surface area (Å²) in [6.45, 7) is 15.8. The third kappa shape index (κ3) is 4.80. The molecule has 0 aromatic rings. The molecule has 3 aliphatic rings. The largest absolute Gasteiger partial charge is 0.461 e. The van der Waals surface area contributed by atoms with Gasteiger partial charge in [0.25, 0.3) is 0 Å². The highest BCUT2D eigenvalue weighted by Gasteiger charge is 2.73. The first-order valence-corrected chi connectivity index (χ1v) is 14.2.